The van der Waals surface area contributed by atoms with Gasteiger partial charge in [-0.1, -0.05) is 189 Å². The van der Waals surface area contributed by atoms with Crippen molar-refractivity contribution in [1.82, 2.24) is 19.1 Å². The van der Waals surface area contributed by atoms with Gasteiger partial charge in [0.2, 0.25) is 0 Å². The van der Waals surface area contributed by atoms with Crippen LogP contribution in [0.25, 0.3) is 78.0 Å². The number of rotatable bonds is 6. The third-order valence-electron chi connectivity index (χ3n) is 19.6. The first-order valence-electron chi connectivity index (χ1n) is 32.9. The van der Waals surface area contributed by atoms with Gasteiger partial charge in [0.25, 0.3) is 6.71 Å². The van der Waals surface area contributed by atoms with Gasteiger partial charge in [-0.25, -0.2) is 0 Å². The summed E-state index contributed by atoms with van der Waals surface area (Å²) in [6, 6.07) is 65.1. The summed E-state index contributed by atoms with van der Waals surface area (Å²) in [5.41, 5.74) is 30.3. The molecule has 93 heavy (non-hydrogen) atoms. The number of para-hydroxylation sites is 3. The molecule has 9 aromatic carbocycles. The zero-order valence-electron chi connectivity index (χ0n) is 57.2. The number of imidazole rings is 1. The Bertz CT molecular complexity index is 4970. The summed E-state index contributed by atoms with van der Waals surface area (Å²) in [4.78, 5) is 15.1. The van der Waals surface area contributed by atoms with Crippen molar-refractivity contribution in [2.45, 2.75) is 168 Å². The summed E-state index contributed by atoms with van der Waals surface area (Å²) >= 11 is 1.96. The molecule has 0 saturated carbocycles. The number of aryl methyl sites for hydroxylation is 2. The average Bonchev–Trinajstić information content (AvgIpc) is 1.66. The van der Waals surface area contributed by atoms with Crippen LogP contribution in [0.5, 0.6) is 0 Å². The van der Waals surface area contributed by atoms with E-state index in [2.05, 4.69) is 275 Å². The molecule has 5 nitrogen and oxygen atoms in total. The minimum absolute atomic E-state index is 0. The molecule has 6 heterocycles. The first-order valence-corrected chi connectivity index (χ1v) is 33.7. The predicted octanol–water partition coefficient (Wildman–Crippen LogP) is 21.1. The quantitative estimate of drug-likeness (QED) is 0.123. The standard InChI is InChI=1S/C71H72BN4S.C13H11FN.Ir/c1-40(2)49-23-20-24-50(41(3)4)64(49)76-57-26-18-17-25-55(57)73-67(76)43-22-19-21-42(31-43)44-32-59-63-60(33-44)75-58-30-28-46(69(8,9)10)38-61(58)77-62-39-48(71(14,15)16)37-54(66(62)75)72(63)53-36-47(70(11,12)13)35-52-51-34-45(68(5,6)7)27-29-56(51)74(59)65(52)53;1-9-7-13(15-8-10(9)2)11-3-5-12(14)6-4-11;/h17-21,23-41H,1-16H3;3,5-8H,1-2H3;/q2*-1;. The molecule has 0 fully saturated rings. The molecule has 0 amide bonds. The second kappa shape index (κ2) is 23.0. The van der Waals surface area contributed by atoms with Crippen LogP contribution >= 0.6 is 11.8 Å². The number of fused-ring (bicyclic) bond motifs is 10. The monoisotopic (exact) mass is 1420 g/mol. The van der Waals surface area contributed by atoms with E-state index in [0.717, 1.165) is 44.8 Å². The van der Waals surface area contributed by atoms with Crippen molar-refractivity contribution < 1.29 is 24.5 Å². The number of halogens is 1. The Morgan fingerprint density at radius 1 is 0.516 bits per heavy atom. The Kier molecular flexibility index (Phi) is 15.8. The maximum atomic E-state index is 12.7. The van der Waals surface area contributed by atoms with E-state index >= 15 is 0 Å². The van der Waals surface area contributed by atoms with Crippen LogP contribution in [-0.4, -0.2) is 25.8 Å². The molecule has 12 aromatic rings. The summed E-state index contributed by atoms with van der Waals surface area (Å²) in [6.07, 6.45) is 1.82. The zero-order valence-corrected chi connectivity index (χ0v) is 60.4. The van der Waals surface area contributed by atoms with Gasteiger partial charge in [0.1, 0.15) is 0 Å². The molecule has 0 atom stereocenters. The van der Waals surface area contributed by atoms with Crippen molar-refractivity contribution >= 4 is 84.8 Å². The Labute approximate surface area is 568 Å². The molecule has 0 N–H and O–H groups in total. The van der Waals surface area contributed by atoms with E-state index in [4.69, 9.17) is 4.98 Å². The van der Waals surface area contributed by atoms with Gasteiger partial charge in [-0.3, -0.25) is 9.37 Å². The molecule has 9 heteroatoms. The molecule has 3 aliphatic heterocycles. The third-order valence-corrected chi connectivity index (χ3v) is 20.6. The Morgan fingerprint density at radius 3 is 1.82 bits per heavy atom. The van der Waals surface area contributed by atoms with Crippen molar-refractivity contribution in [3.05, 3.63) is 226 Å². The number of anilines is 3. The molecular weight excluding hydrogens is 1330 g/mol. The smallest absolute Gasteiger partial charge is 0.252 e. The predicted molar refractivity (Wildman–Crippen MR) is 389 cm³/mol. The molecule has 0 aliphatic carbocycles. The average molecular weight is 1420 g/mol. The molecule has 1 radical (unpaired) electrons. The van der Waals surface area contributed by atoms with E-state index in [1.54, 1.807) is 6.07 Å². The number of benzene rings is 9. The number of nitrogens with zero attached hydrogens (tertiary/aromatic N) is 5. The fourth-order valence-corrected chi connectivity index (χ4v) is 15.3. The Hall–Kier alpha value is -7.81. The van der Waals surface area contributed by atoms with E-state index in [1.807, 2.05) is 37.9 Å². The molecule has 0 unspecified atom stereocenters. The van der Waals surface area contributed by atoms with Crippen LogP contribution < -0.4 is 21.3 Å². The van der Waals surface area contributed by atoms with Crippen molar-refractivity contribution in [2.24, 2.45) is 0 Å². The van der Waals surface area contributed by atoms with Crippen LogP contribution in [0.4, 0.5) is 21.5 Å². The maximum Gasteiger partial charge on any atom is 0.252 e. The van der Waals surface area contributed by atoms with Crippen LogP contribution in [0.2, 0.25) is 0 Å². The number of hydrogen-bond donors (Lipinski definition) is 0. The summed E-state index contributed by atoms with van der Waals surface area (Å²) < 4.78 is 17.8. The number of pyridine rings is 1. The zero-order chi connectivity index (χ0) is 65.0. The second-order valence-electron chi connectivity index (χ2n) is 30.8. The van der Waals surface area contributed by atoms with Crippen molar-refractivity contribution in [3.63, 3.8) is 0 Å². The number of aromatic nitrogens is 4. The van der Waals surface area contributed by atoms with Crippen molar-refractivity contribution in [3.8, 4) is 45.1 Å². The third kappa shape index (κ3) is 10.9. The van der Waals surface area contributed by atoms with Crippen molar-refractivity contribution in [2.75, 3.05) is 4.90 Å². The Balaban J connectivity index is 0.000000433. The van der Waals surface area contributed by atoms with E-state index in [-0.39, 0.29) is 54.3 Å². The Morgan fingerprint density at radius 2 is 1.15 bits per heavy atom. The normalized spacial score (nSPS) is 13.3. The molecule has 3 aliphatic rings. The van der Waals surface area contributed by atoms with Crippen molar-refractivity contribution in [1.29, 1.82) is 0 Å². The molecule has 3 aromatic heterocycles. The van der Waals surface area contributed by atoms with E-state index in [1.165, 1.54) is 133 Å². The molecule has 0 saturated heterocycles. The van der Waals surface area contributed by atoms with Gasteiger partial charge in [-0.05, 0) is 175 Å². The SMILES string of the molecule is CC(C)c1cccc(C(C)C)c1-n1c(-c2[c-]ccc(-c3cc4c5c(c3)-n3c6ccc(C(C)(C)C)cc6c6cc(C(C)(C)C)cc(c63)B5c3cc(C(C)(C)C)cc5c3N4c3ccc(C(C)(C)C)cc3S5)c2)nc2ccccc21.Cc1cnc(-c2[c-]cc(F)cc2)cc1C.[Ir]. The van der Waals surface area contributed by atoms with E-state index in [9.17, 15) is 4.39 Å². The summed E-state index contributed by atoms with van der Waals surface area (Å²) in [5.74, 6) is 1.26. The van der Waals surface area contributed by atoms with Crippen LogP contribution in [-0.2, 0) is 41.8 Å². The molecule has 471 valence electrons. The van der Waals surface area contributed by atoms with E-state index < -0.39 is 0 Å². The molecule has 0 bridgehead atoms. The van der Waals surface area contributed by atoms with Crippen LogP contribution in [0.3, 0.4) is 0 Å². The minimum Gasteiger partial charge on any atom is -0.333 e. The first kappa shape index (κ1) is 63.9. The van der Waals surface area contributed by atoms with Gasteiger partial charge in [0.15, 0.2) is 0 Å². The van der Waals surface area contributed by atoms with Gasteiger partial charge in [0.05, 0.1) is 33.7 Å². The van der Waals surface area contributed by atoms with E-state index in [0.29, 0.717) is 11.8 Å². The molecule has 15 rings (SSSR count). The van der Waals surface area contributed by atoms with Gasteiger partial charge in [0, 0.05) is 75.3 Å². The van der Waals surface area contributed by atoms with Crippen LogP contribution in [0, 0.1) is 31.8 Å². The van der Waals surface area contributed by atoms with Crippen LogP contribution in [0.1, 0.15) is 167 Å². The van der Waals surface area contributed by atoms with Crippen LogP contribution in [0.15, 0.2) is 174 Å². The topological polar surface area (TPSA) is 38.9 Å². The fraction of sp³-hybridized carbons (Fsp3) is 0.286. The van der Waals surface area contributed by atoms with Gasteiger partial charge < -0.3 is 19.0 Å². The number of hydrogen-bond acceptors (Lipinski definition) is 4. The van der Waals surface area contributed by atoms with Gasteiger partial charge in [-0.15, -0.1) is 65.2 Å². The molecule has 0 spiro atoms. The fourth-order valence-electron chi connectivity index (χ4n) is 14.1. The second-order valence-corrected chi connectivity index (χ2v) is 31.9. The van der Waals surface area contributed by atoms with Gasteiger partial charge in [-0.2, -0.15) is 0 Å². The maximum absolute atomic E-state index is 12.7. The first-order chi connectivity index (χ1) is 43.5. The summed E-state index contributed by atoms with van der Waals surface area (Å²) in [5, 5.41) is 2.65. The minimum atomic E-state index is -0.275. The van der Waals surface area contributed by atoms with Gasteiger partial charge >= 0.3 is 0 Å². The largest absolute Gasteiger partial charge is 0.333 e. The summed E-state index contributed by atoms with van der Waals surface area (Å²) in [6.45, 7) is 41.6. The molecular formula is C84H83BFIrN5S-2. The summed E-state index contributed by atoms with van der Waals surface area (Å²) in [7, 11) is 0.